The van der Waals surface area contributed by atoms with Crippen molar-refractivity contribution in [1.29, 1.82) is 0 Å². The normalized spacial score (nSPS) is 11.6. The summed E-state index contributed by atoms with van der Waals surface area (Å²) in [5.41, 5.74) is 1.54. The van der Waals surface area contributed by atoms with E-state index in [0.29, 0.717) is 30.2 Å². The summed E-state index contributed by atoms with van der Waals surface area (Å²) in [6, 6.07) is 5.95. The number of halogens is 2. The Labute approximate surface area is 181 Å². The molecule has 1 heterocycles. The lowest BCUT2D eigenvalue weighted by molar-refractivity contribution is -0.118. The number of hydrogen-bond acceptors (Lipinski definition) is 5. The van der Waals surface area contributed by atoms with E-state index < -0.39 is 15.9 Å². The lowest BCUT2D eigenvalue weighted by atomic mass is 10.3. The van der Waals surface area contributed by atoms with E-state index in [0.717, 1.165) is 0 Å². The van der Waals surface area contributed by atoms with Crippen LogP contribution in [-0.2, 0) is 14.8 Å². The molecule has 0 saturated heterocycles. The first-order valence-corrected chi connectivity index (χ1v) is 11.2. The Kier molecular flexibility index (Phi) is 7.87. The van der Waals surface area contributed by atoms with Gasteiger partial charge in [0.05, 0.1) is 16.3 Å². The predicted octanol–water partition coefficient (Wildman–Crippen LogP) is 4.05. The topological polar surface area (TPSA) is 88.6 Å². The molecule has 158 valence electrons. The molecule has 0 aliphatic carbocycles. The molecule has 0 saturated carbocycles. The highest BCUT2D eigenvalue weighted by Crippen LogP contribution is 2.36. The average Bonchev–Trinajstić information content (AvgIpc) is 2.67. The maximum atomic E-state index is 12.5. The number of amides is 1. The Hall–Kier alpha value is -1.87. The number of ether oxygens (including phenoxy) is 1. The Morgan fingerprint density at radius 1 is 1.07 bits per heavy atom. The number of sulfonamides is 1. The van der Waals surface area contributed by atoms with Crippen LogP contribution in [0, 0.1) is 13.8 Å². The second-order valence-corrected chi connectivity index (χ2v) is 8.88. The summed E-state index contributed by atoms with van der Waals surface area (Å²) < 4.78 is 31.8. The van der Waals surface area contributed by atoms with Gasteiger partial charge in [-0.1, -0.05) is 37.0 Å². The van der Waals surface area contributed by atoms with E-state index in [1.54, 1.807) is 27.7 Å². The SMILES string of the molecule is CCN(CC)S(=O)(=O)c1ccc(NC(=O)COc2c(Cl)c(C)nc(C)c2Cl)cc1. The molecule has 0 aliphatic rings. The molecule has 1 aromatic heterocycles. The zero-order valence-electron chi connectivity index (χ0n) is 16.6. The molecule has 0 unspecified atom stereocenters. The van der Waals surface area contributed by atoms with Crippen LogP contribution in [0.2, 0.25) is 10.0 Å². The monoisotopic (exact) mass is 459 g/mol. The highest BCUT2D eigenvalue weighted by molar-refractivity contribution is 7.89. The molecule has 1 amide bonds. The van der Waals surface area contributed by atoms with Gasteiger partial charge in [0.15, 0.2) is 12.4 Å². The van der Waals surface area contributed by atoms with Crippen LogP contribution < -0.4 is 10.1 Å². The van der Waals surface area contributed by atoms with E-state index in [2.05, 4.69) is 10.3 Å². The van der Waals surface area contributed by atoms with Crippen molar-refractivity contribution in [3.63, 3.8) is 0 Å². The van der Waals surface area contributed by atoms with Gasteiger partial charge in [-0.15, -0.1) is 0 Å². The van der Waals surface area contributed by atoms with Crippen molar-refractivity contribution < 1.29 is 17.9 Å². The Bertz CT molecular complexity index is 965. The largest absolute Gasteiger partial charge is 0.480 e. The van der Waals surface area contributed by atoms with E-state index in [1.807, 2.05) is 0 Å². The molecule has 10 heteroatoms. The van der Waals surface area contributed by atoms with Crippen LogP contribution in [0.25, 0.3) is 0 Å². The van der Waals surface area contributed by atoms with Crippen molar-refractivity contribution in [2.24, 2.45) is 0 Å². The first kappa shape index (κ1) is 23.4. The van der Waals surface area contributed by atoms with Gasteiger partial charge in [0.25, 0.3) is 5.91 Å². The number of pyridine rings is 1. The quantitative estimate of drug-likeness (QED) is 0.642. The maximum absolute atomic E-state index is 12.5. The molecule has 0 radical (unpaired) electrons. The summed E-state index contributed by atoms with van der Waals surface area (Å²) in [6.45, 7) is 7.43. The van der Waals surface area contributed by atoms with Crippen molar-refractivity contribution in [3.05, 3.63) is 45.7 Å². The average molecular weight is 460 g/mol. The fraction of sp³-hybridized carbons (Fsp3) is 0.368. The number of carbonyl (C=O) groups is 1. The Morgan fingerprint density at radius 3 is 2.07 bits per heavy atom. The first-order valence-electron chi connectivity index (χ1n) is 8.96. The fourth-order valence-corrected chi connectivity index (χ4v) is 4.55. The smallest absolute Gasteiger partial charge is 0.262 e. The number of rotatable bonds is 8. The number of nitrogens with one attached hydrogen (secondary N) is 1. The van der Waals surface area contributed by atoms with E-state index in [-0.39, 0.29) is 27.3 Å². The minimum Gasteiger partial charge on any atom is -0.480 e. The number of carbonyl (C=O) groups excluding carboxylic acids is 1. The van der Waals surface area contributed by atoms with Gasteiger partial charge in [0.1, 0.15) is 10.0 Å². The lowest BCUT2D eigenvalue weighted by Crippen LogP contribution is -2.30. The Balaban J connectivity index is 2.06. The van der Waals surface area contributed by atoms with E-state index in [9.17, 15) is 13.2 Å². The number of nitrogens with zero attached hydrogens (tertiary/aromatic N) is 2. The molecule has 7 nitrogen and oxygen atoms in total. The Morgan fingerprint density at radius 2 is 1.59 bits per heavy atom. The number of hydrogen-bond donors (Lipinski definition) is 1. The molecular weight excluding hydrogens is 437 g/mol. The van der Waals surface area contributed by atoms with Crippen molar-refractivity contribution in [2.45, 2.75) is 32.6 Å². The van der Waals surface area contributed by atoms with Gasteiger partial charge in [-0.25, -0.2) is 8.42 Å². The molecule has 2 rings (SSSR count). The van der Waals surface area contributed by atoms with Crippen LogP contribution >= 0.6 is 23.2 Å². The molecule has 0 aliphatic heterocycles. The van der Waals surface area contributed by atoms with Crippen LogP contribution in [0.3, 0.4) is 0 Å². The predicted molar refractivity (Wildman–Crippen MR) is 114 cm³/mol. The van der Waals surface area contributed by atoms with Gasteiger partial charge in [0.2, 0.25) is 10.0 Å². The van der Waals surface area contributed by atoms with Crippen LogP contribution in [-0.4, -0.2) is 43.3 Å². The van der Waals surface area contributed by atoms with Gasteiger partial charge < -0.3 is 10.1 Å². The molecular formula is C19H23Cl2N3O4S. The zero-order chi connectivity index (χ0) is 21.8. The maximum Gasteiger partial charge on any atom is 0.262 e. The highest BCUT2D eigenvalue weighted by Gasteiger charge is 2.21. The van der Waals surface area contributed by atoms with Gasteiger partial charge in [-0.2, -0.15) is 4.31 Å². The van der Waals surface area contributed by atoms with Crippen LogP contribution in [0.4, 0.5) is 5.69 Å². The van der Waals surface area contributed by atoms with Gasteiger partial charge in [0, 0.05) is 18.8 Å². The number of aryl methyl sites for hydroxylation is 2. The number of anilines is 1. The minimum atomic E-state index is -3.55. The van der Waals surface area contributed by atoms with Crippen LogP contribution in [0.1, 0.15) is 25.2 Å². The summed E-state index contributed by atoms with van der Waals surface area (Å²) in [5, 5.41) is 3.14. The standard InChI is InChI=1S/C19H23Cl2N3O4S/c1-5-24(6-2)29(26,27)15-9-7-14(8-10-15)23-16(25)11-28-19-17(20)12(3)22-13(4)18(19)21/h7-10H,5-6,11H2,1-4H3,(H,23,25). The molecule has 0 atom stereocenters. The molecule has 0 spiro atoms. The van der Waals surface area contributed by atoms with Gasteiger partial charge in [-0.3, -0.25) is 9.78 Å². The van der Waals surface area contributed by atoms with Crippen molar-refractivity contribution in [1.82, 2.24) is 9.29 Å². The summed E-state index contributed by atoms with van der Waals surface area (Å²) in [6.07, 6.45) is 0. The van der Waals surface area contributed by atoms with E-state index in [4.69, 9.17) is 27.9 Å². The van der Waals surface area contributed by atoms with E-state index >= 15 is 0 Å². The van der Waals surface area contributed by atoms with Crippen molar-refractivity contribution in [2.75, 3.05) is 25.0 Å². The second kappa shape index (κ2) is 9.75. The summed E-state index contributed by atoms with van der Waals surface area (Å²) in [4.78, 5) is 16.5. The summed E-state index contributed by atoms with van der Waals surface area (Å²) in [7, 11) is -3.55. The zero-order valence-corrected chi connectivity index (χ0v) is 19.0. The third kappa shape index (κ3) is 5.39. The third-order valence-electron chi connectivity index (χ3n) is 4.20. The molecule has 1 aromatic carbocycles. The van der Waals surface area contributed by atoms with E-state index in [1.165, 1.54) is 28.6 Å². The first-order chi connectivity index (χ1) is 13.6. The van der Waals surface area contributed by atoms with Crippen molar-refractivity contribution in [3.8, 4) is 5.75 Å². The van der Waals surface area contributed by atoms with Gasteiger partial charge >= 0.3 is 0 Å². The van der Waals surface area contributed by atoms with Gasteiger partial charge in [-0.05, 0) is 38.1 Å². The molecule has 1 N–H and O–H groups in total. The number of aromatic nitrogens is 1. The molecule has 29 heavy (non-hydrogen) atoms. The summed E-state index contributed by atoms with van der Waals surface area (Å²) in [5.74, 6) is -0.238. The lowest BCUT2D eigenvalue weighted by Gasteiger charge is -2.18. The van der Waals surface area contributed by atoms with Crippen LogP contribution in [0.5, 0.6) is 5.75 Å². The highest BCUT2D eigenvalue weighted by atomic mass is 35.5. The number of benzene rings is 1. The fourth-order valence-electron chi connectivity index (χ4n) is 2.66. The summed E-state index contributed by atoms with van der Waals surface area (Å²) >= 11 is 12.3. The van der Waals surface area contributed by atoms with Crippen LogP contribution in [0.15, 0.2) is 29.2 Å². The van der Waals surface area contributed by atoms with Crippen molar-refractivity contribution >= 4 is 44.8 Å². The molecule has 2 aromatic rings. The minimum absolute atomic E-state index is 0.164. The second-order valence-electron chi connectivity index (χ2n) is 6.19. The third-order valence-corrected chi connectivity index (χ3v) is 7.15. The molecule has 0 fully saturated rings. The molecule has 0 bridgehead atoms.